The lowest BCUT2D eigenvalue weighted by atomic mass is 9.87. The first-order valence-corrected chi connectivity index (χ1v) is 8.44. The molecule has 6 heteroatoms. The Balaban J connectivity index is 2.32. The summed E-state index contributed by atoms with van der Waals surface area (Å²) in [4.78, 5) is 36.2. The van der Waals surface area contributed by atoms with Crippen LogP contribution >= 0.6 is 0 Å². The third-order valence-electron chi connectivity index (χ3n) is 4.22. The number of carboxylic acids is 1. The summed E-state index contributed by atoms with van der Waals surface area (Å²) in [5.41, 5.74) is -0.268. The number of anilines is 1. The number of carbonyl (C=O) groups excluding carboxylic acids is 2. The van der Waals surface area contributed by atoms with Gasteiger partial charge in [0.2, 0.25) is 5.91 Å². The second kappa shape index (κ2) is 8.29. The molecule has 0 aliphatic heterocycles. The first kappa shape index (κ1) is 19.2. The predicted molar refractivity (Wildman–Crippen MR) is 98.9 cm³/mol. The number of rotatable bonds is 7. The van der Waals surface area contributed by atoms with Gasteiger partial charge in [0.05, 0.1) is 0 Å². The van der Waals surface area contributed by atoms with Crippen molar-refractivity contribution < 1.29 is 19.5 Å². The SMILES string of the molecule is CCC(=O)Nc1cccc(C(=O)NC(CC)(C(=O)O)c2ccccc2)c1. The Bertz CT molecular complexity index is 804. The van der Waals surface area contributed by atoms with Crippen LogP contribution in [0.3, 0.4) is 0 Å². The molecule has 0 heterocycles. The molecule has 6 nitrogen and oxygen atoms in total. The van der Waals surface area contributed by atoms with Crippen LogP contribution in [0, 0.1) is 0 Å². The molecule has 1 unspecified atom stereocenters. The summed E-state index contributed by atoms with van der Waals surface area (Å²) in [5.74, 6) is -1.82. The van der Waals surface area contributed by atoms with E-state index in [4.69, 9.17) is 0 Å². The largest absolute Gasteiger partial charge is 0.479 e. The van der Waals surface area contributed by atoms with Gasteiger partial charge in [-0.1, -0.05) is 50.2 Å². The maximum atomic E-state index is 12.7. The molecule has 2 aromatic rings. The van der Waals surface area contributed by atoms with Gasteiger partial charge in [0.15, 0.2) is 5.54 Å². The van der Waals surface area contributed by atoms with Gasteiger partial charge in [-0.2, -0.15) is 0 Å². The molecule has 2 aromatic carbocycles. The fourth-order valence-electron chi connectivity index (χ4n) is 2.67. The zero-order valence-corrected chi connectivity index (χ0v) is 14.8. The highest BCUT2D eigenvalue weighted by atomic mass is 16.4. The number of carbonyl (C=O) groups is 3. The number of hydrogen-bond donors (Lipinski definition) is 3. The molecule has 0 bridgehead atoms. The van der Waals surface area contributed by atoms with Crippen molar-refractivity contribution in [3.63, 3.8) is 0 Å². The lowest BCUT2D eigenvalue weighted by Gasteiger charge is -2.30. The first-order valence-electron chi connectivity index (χ1n) is 8.44. The van der Waals surface area contributed by atoms with Gasteiger partial charge in [0.1, 0.15) is 0 Å². The van der Waals surface area contributed by atoms with Crippen LogP contribution in [0.2, 0.25) is 0 Å². The average molecular weight is 354 g/mol. The molecule has 0 radical (unpaired) electrons. The summed E-state index contributed by atoms with van der Waals surface area (Å²) in [7, 11) is 0. The van der Waals surface area contributed by atoms with Gasteiger partial charge < -0.3 is 15.7 Å². The molecule has 0 aliphatic carbocycles. The number of benzene rings is 2. The van der Waals surface area contributed by atoms with Crippen LogP contribution in [0.25, 0.3) is 0 Å². The molecular weight excluding hydrogens is 332 g/mol. The van der Waals surface area contributed by atoms with E-state index < -0.39 is 17.4 Å². The van der Waals surface area contributed by atoms with Crippen molar-refractivity contribution in [2.45, 2.75) is 32.2 Å². The van der Waals surface area contributed by atoms with Crippen LogP contribution in [0.5, 0.6) is 0 Å². The fourth-order valence-corrected chi connectivity index (χ4v) is 2.67. The van der Waals surface area contributed by atoms with Crippen molar-refractivity contribution in [1.82, 2.24) is 5.32 Å². The lowest BCUT2D eigenvalue weighted by Crippen LogP contribution is -2.51. The third kappa shape index (κ3) is 4.08. The van der Waals surface area contributed by atoms with Crippen LogP contribution in [0.1, 0.15) is 42.6 Å². The molecule has 0 aliphatic rings. The summed E-state index contributed by atoms with van der Waals surface area (Å²) in [5, 5.41) is 15.1. The summed E-state index contributed by atoms with van der Waals surface area (Å²) >= 11 is 0. The molecular formula is C20H22N2O4. The molecule has 136 valence electrons. The van der Waals surface area contributed by atoms with Crippen molar-refractivity contribution in [3.05, 3.63) is 65.7 Å². The second-order valence-corrected chi connectivity index (χ2v) is 5.87. The minimum atomic E-state index is -1.53. The molecule has 0 saturated carbocycles. The van der Waals surface area contributed by atoms with E-state index in [2.05, 4.69) is 10.6 Å². The minimum absolute atomic E-state index is 0.166. The highest BCUT2D eigenvalue weighted by molar-refractivity contribution is 6.00. The van der Waals surface area contributed by atoms with Gasteiger partial charge in [0.25, 0.3) is 5.91 Å². The average Bonchev–Trinajstić information content (AvgIpc) is 2.66. The lowest BCUT2D eigenvalue weighted by molar-refractivity contribution is -0.145. The van der Waals surface area contributed by atoms with Gasteiger partial charge in [-0.05, 0) is 30.2 Å². The van der Waals surface area contributed by atoms with Crippen LogP contribution in [-0.4, -0.2) is 22.9 Å². The number of aliphatic carboxylic acids is 1. The Morgan fingerprint density at radius 2 is 1.69 bits per heavy atom. The number of nitrogens with one attached hydrogen (secondary N) is 2. The Labute approximate surface area is 152 Å². The van der Waals surface area contributed by atoms with Gasteiger partial charge in [-0.15, -0.1) is 0 Å². The number of amides is 2. The maximum Gasteiger partial charge on any atom is 0.334 e. The maximum absolute atomic E-state index is 12.7. The van der Waals surface area contributed by atoms with Crippen molar-refractivity contribution in [2.75, 3.05) is 5.32 Å². The van der Waals surface area contributed by atoms with E-state index in [1.165, 1.54) is 6.07 Å². The molecule has 0 aromatic heterocycles. The van der Waals surface area contributed by atoms with Gasteiger partial charge in [0, 0.05) is 17.7 Å². The molecule has 1 atom stereocenters. The predicted octanol–water partition coefficient (Wildman–Crippen LogP) is 3.16. The molecule has 3 N–H and O–H groups in total. The summed E-state index contributed by atoms with van der Waals surface area (Å²) < 4.78 is 0. The van der Waals surface area contributed by atoms with Crippen molar-refractivity contribution >= 4 is 23.5 Å². The van der Waals surface area contributed by atoms with Crippen molar-refractivity contribution in [1.29, 1.82) is 0 Å². The summed E-state index contributed by atoms with van der Waals surface area (Å²) in [6, 6.07) is 15.0. The molecule has 0 fully saturated rings. The fraction of sp³-hybridized carbons (Fsp3) is 0.250. The van der Waals surface area contributed by atoms with E-state index in [0.29, 0.717) is 17.7 Å². The van der Waals surface area contributed by atoms with Crippen LogP contribution < -0.4 is 10.6 Å². The van der Waals surface area contributed by atoms with E-state index in [1.807, 2.05) is 0 Å². The first-order chi connectivity index (χ1) is 12.4. The standard InChI is InChI=1S/C20H22N2O4/c1-3-17(23)21-16-12-8-9-14(13-16)18(24)22-20(4-2,19(25)26)15-10-6-5-7-11-15/h5-13H,3-4H2,1-2H3,(H,21,23)(H,22,24)(H,25,26). The van der Waals surface area contributed by atoms with Gasteiger partial charge >= 0.3 is 5.97 Å². The summed E-state index contributed by atoms with van der Waals surface area (Å²) in [6.07, 6.45) is 0.507. The van der Waals surface area contributed by atoms with Gasteiger partial charge in [-0.3, -0.25) is 9.59 Å². The molecule has 0 spiro atoms. The minimum Gasteiger partial charge on any atom is -0.479 e. The quantitative estimate of drug-likeness (QED) is 0.712. The molecule has 2 amide bonds. The Morgan fingerprint density at radius 1 is 1.00 bits per heavy atom. The van der Waals surface area contributed by atoms with E-state index >= 15 is 0 Å². The zero-order chi connectivity index (χ0) is 19.2. The molecule has 2 rings (SSSR count). The zero-order valence-electron chi connectivity index (χ0n) is 14.8. The monoisotopic (exact) mass is 354 g/mol. The van der Waals surface area contributed by atoms with Crippen molar-refractivity contribution in [2.24, 2.45) is 0 Å². The van der Waals surface area contributed by atoms with Gasteiger partial charge in [-0.25, -0.2) is 4.79 Å². The number of hydrogen-bond acceptors (Lipinski definition) is 3. The summed E-state index contributed by atoms with van der Waals surface area (Å²) in [6.45, 7) is 3.44. The highest BCUT2D eigenvalue weighted by Gasteiger charge is 2.40. The van der Waals surface area contributed by atoms with Crippen molar-refractivity contribution in [3.8, 4) is 0 Å². The Kier molecular flexibility index (Phi) is 6.11. The Morgan fingerprint density at radius 3 is 2.27 bits per heavy atom. The second-order valence-electron chi connectivity index (χ2n) is 5.87. The van der Waals surface area contributed by atoms with E-state index in [0.717, 1.165) is 0 Å². The molecule has 26 heavy (non-hydrogen) atoms. The highest BCUT2D eigenvalue weighted by Crippen LogP contribution is 2.26. The smallest absolute Gasteiger partial charge is 0.334 e. The van der Waals surface area contributed by atoms with E-state index in [-0.39, 0.29) is 17.9 Å². The molecule has 0 saturated heterocycles. The normalized spacial score (nSPS) is 12.7. The van der Waals surface area contributed by atoms with E-state index in [1.54, 1.807) is 62.4 Å². The number of carboxylic acid groups (broad SMARTS) is 1. The van der Waals surface area contributed by atoms with Crippen LogP contribution in [0.4, 0.5) is 5.69 Å². The Hall–Kier alpha value is -3.15. The topological polar surface area (TPSA) is 95.5 Å². The van der Waals surface area contributed by atoms with Crippen LogP contribution in [-0.2, 0) is 15.1 Å². The van der Waals surface area contributed by atoms with Crippen LogP contribution in [0.15, 0.2) is 54.6 Å². The third-order valence-corrected chi connectivity index (χ3v) is 4.22. The van der Waals surface area contributed by atoms with E-state index in [9.17, 15) is 19.5 Å².